The Morgan fingerprint density at radius 1 is 1.13 bits per heavy atom. The Morgan fingerprint density at radius 2 is 1.91 bits per heavy atom. The normalized spacial score (nSPS) is 12.1. The summed E-state index contributed by atoms with van der Waals surface area (Å²) < 4.78 is 28.7. The van der Waals surface area contributed by atoms with Crippen LogP contribution >= 0.6 is 11.6 Å². The molecule has 1 heterocycles. The van der Waals surface area contributed by atoms with Gasteiger partial charge in [-0.3, -0.25) is 4.79 Å². The first-order valence-corrected chi connectivity index (χ1v) is 6.97. The highest BCUT2D eigenvalue weighted by Gasteiger charge is 2.19. The van der Waals surface area contributed by atoms with Gasteiger partial charge in [0.2, 0.25) is 6.79 Å². The van der Waals surface area contributed by atoms with E-state index in [1.165, 1.54) is 18.2 Å². The third-order valence-electron chi connectivity index (χ3n) is 3.18. The van der Waals surface area contributed by atoms with E-state index < -0.39 is 24.2 Å². The Morgan fingerprint density at radius 3 is 2.74 bits per heavy atom. The second-order valence-electron chi connectivity index (χ2n) is 4.69. The highest BCUT2D eigenvalue weighted by atomic mass is 35.5. The van der Waals surface area contributed by atoms with Gasteiger partial charge >= 0.3 is 5.97 Å². The van der Waals surface area contributed by atoms with Crippen LogP contribution in [0.5, 0.6) is 11.5 Å². The lowest BCUT2D eigenvalue weighted by molar-refractivity contribution is 0.0470. The lowest BCUT2D eigenvalue weighted by Gasteiger charge is -2.06. The van der Waals surface area contributed by atoms with Crippen molar-refractivity contribution in [2.75, 3.05) is 13.4 Å². The van der Waals surface area contributed by atoms with Gasteiger partial charge in [0.05, 0.1) is 5.56 Å². The molecular weight excluding hydrogens is 327 g/mol. The predicted molar refractivity (Wildman–Crippen MR) is 78.6 cm³/mol. The Labute approximate surface area is 135 Å². The average molecular weight is 337 g/mol. The minimum absolute atomic E-state index is 0.0933. The molecule has 1 aliphatic rings. The molecule has 2 aromatic rings. The van der Waals surface area contributed by atoms with Crippen molar-refractivity contribution in [2.24, 2.45) is 0 Å². The maximum absolute atomic E-state index is 13.5. The smallest absolute Gasteiger partial charge is 0.341 e. The molecule has 0 aromatic heterocycles. The van der Waals surface area contributed by atoms with Crippen LogP contribution in [-0.4, -0.2) is 25.2 Å². The van der Waals surface area contributed by atoms with Gasteiger partial charge in [-0.15, -0.1) is 0 Å². The molecule has 0 N–H and O–H groups in total. The van der Waals surface area contributed by atoms with Gasteiger partial charge in [0, 0.05) is 10.6 Å². The quantitative estimate of drug-likeness (QED) is 0.633. The van der Waals surface area contributed by atoms with E-state index in [1.54, 1.807) is 6.07 Å². The number of ketones is 1. The second-order valence-corrected chi connectivity index (χ2v) is 5.13. The number of hydrogen-bond donors (Lipinski definition) is 0. The molecule has 2 aromatic carbocycles. The molecule has 0 spiro atoms. The summed E-state index contributed by atoms with van der Waals surface area (Å²) in [6, 6.07) is 8.13. The van der Waals surface area contributed by atoms with E-state index in [1.807, 2.05) is 0 Å². The van der Waals surface area contributed by atoms with Crippen molar-refractivity contribution in [3.05, 3.63) is 58.4 Å². The number of hydrogen-bond acceptors (Lipinski definition) is 5. The summed E-state index contributed by atoms with van der Waals surface area (Å²) in [4.78, 5) is 23.9. The van der Waals surface area contributed by atoms with E-state index in [0.717, 1.165) is 12.1 Å². The molecule has 0 amide bonds. The highest BCUT2D eigenvalue weighted by Crippen LogP contribution is 2.32. The number of carbonyl (C=O) groups is 2. The van der Waals surface area contributed by atoms with Gasteiger partial charge in [-0.2, -0.15) is 0 Å². The van der Waals surface area contributed by atoms with Crippen molar-refractivity contribution in [3.8, 4) is 11.5 Å². The van der Waals surface area contributed by atoms with Crippen molar-refractivity contribution in [3.63, 3.8) is 0 Å². The Bertz CT molecular complexity index is 790. The molecule has 0 unspecified atom stereocenters. The topological polar surface area (TPSA) is 61.8 Å². The molecule has 118 valence electrons. The summed E-state index contributed by atoms with van der Waals surface area (Å²) in [7, 11) is 0. The Hall–Kier alpha value is -2.60. The van der Waals surface area contributed by atoms with Crippen LogP contribution < -0.4 is 9.47 Å². The molecule has 0 saturated heterocycles. The molecule has 3 rings (SSSR count). The fourth-order valence-corrected chi connectivity index (χ4v) is 2.19. The maximum atomic E-state index is 13.5. The van der Waals surface area contributed by atoms with Gasteiger partial charge in [0.25, 0.3) is 0 Å². The van der Waals surface area contributed by atoms with E-state index in [2.05, 4.69) is 0 Å². The van der Waals surface area contributed by atoms with E-state index >= 15 is 0 Å². The van der Waals surface area contributed by atoms with Gasteiger partial charge in [-0.25, -0.2) is 9.18 Å². The van der Waals surface area contributed by atoms with Gasteiger partial charge in [0.15, 0.2) is 23.9 Å². The maximum Gasteiger partial charge on any atom is 0.341 e. The third kappa shape index (κ3) is 3.27. The first-order valence-electron chi connectivity index (χ1n) is 6.59. The van der Waals surface area contributed by atoms with E-state index in [0.29, 0.717) is 17.1 Å². The van der Waals surface area contributed by atoms with Crippen molar-refractivity contribution >= 4 is 23.4 Å². The summed E-state index contributed by atoms with van der Waals surface area (Å²) in [6.45, 7) is -0.430. The van der Waals surface area contributed by atoms with Gasteiger partial charge in [-0.1, -0.05) is 11.6 Å². The Kier molecular flexibility index (Phi) is 4.16. The van der Waals surface area contributed by atoms with Crippen LogP contribution in [0.3, 0.4) is 0 Å². The molecule has 0 atom stereocenters. The van der Waals surface area contributed by atoms with Gasteiger partial charge in [0.1, 0.15) is 5.82 Å². The van der Waals surface area contributed by atoms with Crippen LogP contribution in [0.25, 0.3) is 0 Å². The third-order valence-corrected chi connectivity index (χ3v) is 3.41. The fourth-order valence-electron chi connectivity index (χ4n) is 2.02. The molecule has 1 aliphatic heterocycles. The zero-order chi connectivity index (χ0) is 16.4. The zero-order valence-corrected chi connectivity index (χ0v) is 12.4. The first kappa shape index (κ1) is 15.3. The number of halogens is 2. The van der Waals surface area contributed by atoms with Crippen molar-refractivity contribution in [2.45, 2.75) is 0 Å². The monoisotopic (exact) mass is 336 g/mol. The number of carbonyl (C=O) groups excluding carboxylic acids is 2. The lowest BCUT2D eigenvalue weighted by Crippen LogP contribution is -2.15. The molecule has 23 heavy (non-hydrogen) atoms. The number of fused-ring (bicyclic) bond motifs is 1. The molecule has 7 heteroatoms. The summed E-state index contributed by atoms with van der Waals surface area (Å²) in [5.74, 6) is -1.18. The molecule has 0 bridgehead atoms. The number of benzene rings is 2. The second kappa shape index (κ2) is 6.26. The van der Waals surface area contributed by atoms with E-state index in [9.17, 15) is 14.0 Å². The van der Waals surface area contributed by atoms with Crippen molar-refractivity contribution in [1.29, 1.82) is 0 Å². The van der Waals surface area contributed by atoms with E-state index in [-0.39, 0.29) is 17.4 Å². The lowest BCUT2D eigenvalue weighted by atomic mass is 10.1. The summed E-state index contributed by atoms with van der Waals surface area (Å²) in [5.41, 5.74) is -0.0235. The minimum atomic E-state index is -0.959. The average Bonchev–Trinajstić information content (AvgIpc) is 3.02. The first-order chi connectivity index (χ1) is 11.0. The molecule has 0 radical (unpaired) electrons. The summed E-state index contributed by atoms with van der Waals surface area (Å²) in [5, 5.41) is 0.195. The molecule has 0 saturated carbocycles. The van der Waals surface area contributed by atoms with Crippen LogP contribution in [0.15, 0.2) is 36.4 Å². The molecule has 0 fully saturated rings. The predicted octanol–water partition coefficient (Wildman–Crippen LogP) is 3.25. The van der Waals surface area contributed by atoms with Crippen LogP contribution in [0.1, 0.15) is 20.7 Å². The molecular formula is C16H10ClFO5. The Balaban J connectivity index is 1.67. The molecule has 5 nitrogen and oxygen atoms in total. The zero-order valence-electron chi connectivity index (χ0n) is 11.7. The molecule has 0 aliphatic carbocycles. The van der Waals surface area contributed by atoms with Crippen LogP contribution in [0.4, 0.5) is 4.39 Å². The van der Waals surface area contributed by atoms with Crippen molar-refractivity contribution < 1.29 is 28.2 Å². The number of rotatable bonds is 4. The largest absolute Gasteiger partial charge is 0.454 e. The number of ether oxygens (including phenoxy) is 3. The summed E-state index contributed by atoms with van der Waals surface area (Å²) >= 11 is 5.71. The minimum Gasteiger partial charge on any atom is -0.454 e. The van der Waals surface area contributed by atoms with Crippen LogP contribution in [0, 0.1) is 5.82 Å². The standard InChI is InChI=1S/C16H10ClFO5/c17-10-2-3-12(18)11(6-10)16(20)21-7-13(19)9-1-4-14-15(5-9)23-8-22-14/h1-6H,7-8H2. The number of Topliss-reactive ketones (excluding diaryl/α,β-unsaturated/α-hetero) is 1. The van der Waals surface area contributed by atoms with Crippen LogP contribution in [-0.2, 0) is 4.74 Å². The highest BCUT2D eigenvalue weighted by molar-refractivity contribution is 6.30. The van der Waals surface area contributed by atoms with Crippen LogP contribution in [0.2, 0.25) is 5.02 Å². The van der Waals surface area contributed by atoms with Gasteiger partial charge < -0.3 is 14.2 Å². The SMILES string of the molecule is O=C(COC(=O)c1cc(Cl)ccc1F)c1ccc2c(c1)OCO2. The van der Waals surface area contributed by atoms with Gasteiger partial charge in [-0.05, 0) is 36.4 Å². The fraction of sp³-hybridized carbons (Fsp3) is 0.125. The van der Waals surface area contributed by atoms with Crippen molar-refractivity contribution in [1.82, 2.24) is 0 Å². The van der Waals surface area contributed by atoms with E-state index in [4.69, 9.17) is 25.8 Å². The summed E-state index contributed by atoms with van der Waals surface area (Å²) in [6.07, 6.45) is 0. The number of esters is 1.